The molecule has 2 aromatic rings. The van der Waals surface area contributed by atoms with Crippen molar-refractivity contribution in [3.05, 3.63) is 41.2 Å². The highest BCUT2D eigenvalue weighted by Gasteiger charge is 2.29. The number of carbonyl (C=O) groups is 1. The van der Waals surface area contributed by atoms with Gasteiger partial charge < -0.3 is 9.47 Å². The van der Waals surface area contributed by atoms with Crippen LogP contribution in [0.4, 0.5) is 8.78 Å². The number of hydrogen-bond donors (Lipinski definition) is 0. The Kier molecular flexibility index (Phi) is 5.19. The molecule has 2 aliphatic rings. The molecule has 1 aromatic heterocycles. The maximum Gasteiger partial charge on any atom is 0.219 e. The van der Waals surface area contributed by atoms with Crippen molar-refractivity contribution in [2.24, 2.45) is 0 Å². The molecule has 28 heavy (non-hydrogen) atoms. The molecule has 7 heteroatoms. The summed E-state index contributed by atoms with van der Waals surface area (Å²) >= 11 is 0. The van der Waals surface area contributed by atoms with Gasteiger partial charge in [0.05, 0.1) is 17.0 Å². The van der Waals surface area contributed by atoms with E-state index < -0.39 is 11.6 Å². The number of carbonyl (C=O) groups excluding carboxylic acids is 1. The Balaban J connectivity index is 1.58. The third kappa shape index (κ3) is 3.55. The minimum Gasteiger partial charge on any atom is -0.343 e. The number of piperidine rings is 1. The summed E-state index contributed by atoms with van der Waals surface area (Å²) in [4.78, 5) is 20.6. The summed E-state index contributed by atoms with van der Waals surface area (Å²) in [6, 6.07) is 4.11. The molecule has 1 saturated heterocycles. The minimum atomic E-state index is -0.580. The lowest BCUT2D eigenvalue weighted by atomic mass is 10.0. The first-order valence-electron chi connectivity index (χ1n) is 9.95. The SMILES string of the molecule is CC(=O)N1CCC(N2CCCn3c(-c4ccc(F)cc4F)nc(C)c3C2)CC1. The van der Waals surface area contributed by atoms with E-state index in [0.29, 0.717) is 17.4 Å². The number of benzene rings is 1. The fraction of sp³-hybridized carbons (Fsp3) is 0.524. The lowest BCUT2D eigenvalue weighted by molar-refractivity contribution is -0.130. The van der Waals surface area contributed by atoms with Crippen LogP contribution in [0.1, 0.15) is 37.6 Å². The summed E-state index contributed by atoms with van der Waals surface area (Å²) < 4.78 is 29.8. The number of aromatic nitrogens is 2. The normalized spacial score (nSPS) is 18.8. The number of halogens is 2. The van der Waals surface area contributed by atoms with Crippen molar-refractivity contribution >= 4 is 5.91 Å². The van der Waals surface area contributed by atoms with Gasteiger partial charge in [-0.05, 0) is 38.3 Å². The van der Waals surface area contributed by atoms with Gasteiger partial charge in [0.2, 0.25) is 5.91 Å². The number of amides is 1. The topological polar surface area (TPSA) is 41.4 Å². The van der Waals surface area contributed by atoms with Gasteiger partial charge in [0, 0.05) is 51.8 Å². The lowest BCUT2D eigenvalue weighted by Gasteiger charge is -2.37. The zero-order chi connectivity index (χ0) is 19.8. The minimum absolute atomic E-state index is 0.147. The second kappa shape index (κ2) is 7.62. The van der Waals surface area contributed by atoms with Gasteiger partial charge in [0.1, 0.15) is 17.5 Å². The summed E-state index contributed by atoms with van der Waals surface area (Å²) in [7, 11) is 0. The molecular formula is C21H26F2N4O. The number of rotatable bonds is 2. The Bertz CT molecular complexity index is 887. The average Bonchev–Trinajstić information content (AvgIpc) is 2.84. The monoisotopic (exact) mass is 388 g/mol. The molecule has 0 N–H and O–H groups in total. The summed E-state index contributed by atoms with van der Waals surface area (Å²) in [5.74, 6) is -0.429. The molecule has 0 saturated carbocycles. The highest BCUT2D eigenvalue weighted by Crippen LogP contribution is 2.30. The van der Waals surface area contributed by atoms with Crippen LogP contribution in [-0.2, 0) is 17.9 Å². The summed E-state index contributed by atoms with van der Waals surface area (Å²) in [5, 5.41) is 0. The molecule has 1 aromatic carbocycles. The standard InChI is InChI=1S/C21H26F2N4O/c1-14-20-13-26(17-6-10-25(11-7-17)15(2)28)8-3-9-27(20)21(24-14)18-5-4-16(22)12-19(18)23/h4-5,12,17H,3,6-11,13H2,1-2H3. The molecule has 0 atom stereocenters. The number of likely N-dealkylation sites (tertiary alicyclic amines) is 1. The van der Waals surface area contributed by atoms with Gasteiger partial charge in [-0.15, -0.1) is 0 Å². The highest BCUT2D eigenvalue weighted by molar-refractivity contribution is 5.73. The smallest absolute Gasteiger partial charge is 0.219 e. The molecule has 3 heterocycles. The molecule has 150 valence electrons. The number of hydrogen-bond acceptors (Lipinski definition) is 3. The predicted octanol–water partition coefficient (Wildman–Crippen LogP) is 3.35. The van der Waals surface area contributed by atoms with E-state index in [9.17, 15) is 13.6 Å². The van der Waals surface area contributed by atoms with Gasteiger partial charge in [-0.2, -0.15) is 0 Å². The van der Waals surface area contributed by atoms with Crippen LogP contribution >= 0.6 is 0 Å². The van der Waals surface area contributed by atoms with Crippen LogP contribution in [0.15, 0.2) is 18.2 Å². The first-order chi connectivity index (χ1) is 13.4. The fourth-order valence-electron chi connectivity index (χ4n) is 4.48. The number of nitrogens with zero attached hydrogens (tertiary/aromatic N) is 4. The van der Waals surface area contributed by atoms with Crippen molar-refractivity contribution in [2.75, 3.05) is 19.6 Å². The predicted molar refractivity (Wildman–Crippen MR) is 103 cm³/mol. The van der Waals surface area contributed by atoms with Gasteiger partial charge in [-0.25, -0.2) is 13.8 Å². The zero-order valence-corrected chi connectivity index (χ0v) is 16.4. The molecule has 0 unspecified atom stereocenters. The fourth-order valence-corrected chi connectivity index (χ4v) is 4.48. The number of aryl methyl sites for hydroxylation is 1. The Morgan fingerprint density at radius 3 is 2.57 bits per heavy atom. The van der Waals surface area contributed by atoms with Crippen LogP contribution in [0.5, 0.6) is 0 Å². The third-order valence-electron chi connectivity index (χ3n) is 6.05. The van der Waals surface area contributed by atoms with E-state index >= 15 is 0 Å². The maximum absolute atomic E-state index is 14.4. The van der Waals surface area contributed by atoms with Gasteiger partial charge >= 0.3 is 0 Å². The van der Waals surface area contributed by atoms with Crippen LogP contribution in [-0.4, -0.2) is 50.9 Å². The van der Waals surface area contributed by atoms with Crippen molar-refractivity contribution in [2.45, 2.75) is 52.2 Å². The highest BCUT2D eigenvalue weighted by atomic mass is 19.1. The van der Waals surface area contributed by atoms with E-state index in [4.69, 9.17) is 0 Å². The van der Waals surface area contributed by atoms with Crippen molar-refractivity contribution in [1.82, 2.24) is 19.4 Å². The van der Waals surface area contributed by atoms with Crippen molar-refractivity contribution in [3.8, 4) is 11.4 Å². The Morgan fingerprint density at radius 2 is 1.89 bits per heavy atom. The second-order valence-electron chi connectivity index (χ2n) is 7.80. The third-order valence-corrected chi connectivity index (χ3v) is 6.05. The van der Waals surface area contributed by atoms with E-state index in [-0.39, 0.29) is 5.91 Å². The molecule has 0 spiro atoms. The molecule has 1 amide bonds. The first kappa shape index (κ1) is 19.1. The Hall–Kier alpha value is -2.28. The summed E-state index contributed by atoms with van der Waals surface area (Å²) in [6.45, 7) is 7.71. The van der Waals surface area contributed by atoms with Crippen LogP contribution < -0.4 is 0 Å². The molecule has 0 radical (unpaired) electrons. The van der Waals surface area contributed by atoms with E-state index in [1.165, 1.54) is 12.1 Å². The van der Waals surface area contributed by atoms with Crippen LogP contribution in [0.3, 0.4) is 0 Å². The van der Waals surface area contributed by atoms with E-state index in [1.54, 1.807) is 6.92 Å². The van der Waals surface area contributed by atoms with Crippen molar-refractivity contribution < 1.29 is 13.6 Å². The van der Waals surface area contributed by atoms with Gasteiger partial charge in [0.25, 0.3) is 0 Å². The Morgan fingerprint density at radius 1 is 1.14 bits per heavy atom. The maximum atomic E-state index is 14.4. The van der Waals surface area contributed by atoms with Gasteiger partial charge in [-0.3, -0.25) is 9.69 Å². The van der Waals surface area contributed by atoms with Crippen LogP contribution in [0, 0.1) is 18.6 Å². The number of imidazole rings is 1. The van der Waals surface area contributed by atoms with Crippen molar-refractivity contribution in [1.29, 1.82) is 0 Å². The first-order valence-corrected chi connectivity index (χ1v) is 9.95. The molecule has 0 bridgehead atoms. The van der Waals surface area contributed by atoms with Crippen LogP contribution in [0.25, 0.3) is 11.4 Å². The van der Waals surface area contributed by atoms with E-state index in [2.05, 4.69) is 14.5 Å². The van der Waals surface area contributed by atoms with Crippen molar-refractivity contribution in [3.63, 3.8) is 0 Å². The summed E-state index contributed by atoms with van der Waals surface area (Å²) in [5.41, 5.74) is 2.34. The quantitative estimate of drug-likeness (QED) is 0.792. The largest absolute Gasteiger partial charge is 0.343 e. The lowest BCUT2D eigenvalue weighted by Crippen LogP contribution is -2.46. The molecule has 1 fully saturated rings. The van der Waals surface area contributed by atoms with Gasteiger partial charge in [0.15, 0.2) is 0 Å². The van der Waals surface area contributed by atoms with Gasteiger partial charge in [-0.1, -0.05) is 0 Å². The number of fused-ring (bicyclic) bond motifs is 1. The molecular weight excluding hydrogens is 362 g/mol. The zero-order valence-electron chi connectivity index (χ0n) is 16.4. The summed E-state index contributed by atoms with van der Waals surface area (Å²) in [6.07, 6.45) is 2.91. The van der Waals surface area contributed by atoms with Crippen LogP contribution in [0.2, 0.25) is 0 Å². The molecule has 5 nitrogen and oxygen atoms in total. The second-order valence-corrected chi connectivity index (χ2v) is 7.80. The van der Waals surface area contributed by atoms with E-state index in [0.717, 1.165) is 69.4 Å². The Labute approximate surface area is 164 Å². The molecule has 2 aliphatic heterocycles. The average molecular weight is 388 g/mol. The molecule has 4 rings (SSSR count). The van der Waals surface area contributed by atoms with E-state index in [1.807, 2.05) is 11.8 Å². The molecule has 0 aliphatic carbocycles.